The number of aryl methyl sites for hydroxylation is 2. The molecule has 3 aromatic heterocycles. The van der Waals surface area contributed by atoms with Gasteiger partial charge in [-0.15, -0.1) is 11.3 Å². The zero-order valence-electron chi connectivity index (χ0n) is 15.4. The van der Waals surface area contributed by atoms with Gasteiger partial charge in [-0.05, 0) is 24.8 Å². The van der Waals surface area contributed by atoms with Crippen LogP contribution in [0.3, 0.4) is 0 Å². The van der Waals surface area contributed by atoms with Crippen LogP contribution in [0.1, 0.15) is 38.7 Å². The maximum atomic E-state index is 9.21. The van der Waals surface area contributed by atoms with Crippen molar-refractivity contribution in [3.05, 3.63) is 30.0 Å². The molecule has 138 valence electrons. The Bertz CT molecular complexity index is 843. The first-order valence-corrected chi connectivity index (χ1v) is 9.76. The summed E-state index contributed by atoms with van der Waals surface area (Å²) in [6.45, 7) is 7.16. The molecule has 0 fully saturated rings. The Morgan fingerprint density at radius 1 is 1.19 bits per heavy atom. The highest BCUT2D eigenvalue weighted by molar-refractivity contribution is 7.18. The Morgan fingerprint density at radius 3 is 2.62 bits per heavy atom. The third-order valence-electron chi connectivity index (χ3n) is 3.83. The monoisotopic (exact) mass is 372 g/mol. The van der Waals surface area contributed by atoms with Crippen LogP contribution in [-0.4, -0.2) is 41.4 Å². The molecule has 0 aliphatic carbocycles. The molecule has 8 heteroatoms. The minimum atomic E-state index is 0.130. The molecule has 0 amide bonds. The number of hydrogen-bond donors (Lipinski definition) is 1. The van der Waals surface area contributed by atoms with Crippen LogP contribution in [0.25, 0.3) is 21.5 Å². The van der Waals surface area contributed by atoms with Crippen molar-refractivity contribution in [2.75, 3.05) is 6.61 Å². The molecule has 26 heavy (non-hydrogen) atoms. The fraction of sp³-hybridized carbons (Fsp3) is 0.500. The third kappa shape index (κ3) is 4.13. The lowest BCUT2D eigenvalue weighted by Crippen LogP contribution is -2.05. The summed E-state index contributed by atoms with van der Waals surface area (Å²) in [5.74, 6) is 2.77. The van der Waals surface area contributed by atoms with Crippen molar-refractivity contribution in [2.24, 2.45) is 5.92 Å². The van der Waals surface area contributed by atoms with E-state index in [4.69, 9.17) is 9.97 Å². The number of hydrogen-bond acceptors (Lipinski definition) is 7. The summed E-state index contributed by atoms with van der Waals surface area (Å²) in [6, 6.07) is 1.79. The second-order valence-electron chi connectivity index (χ2n) is 6.47. The second-order valence-corrected chi connectivity index (χ2v) is 7.47. The quantitative estimate of drug-likeness (QED) is 0.654. The van der Waals surface area contributed by atoms with Crippen LogP contribution in [0.2, 0.25) is 0 Å². The van der Waals surface area contributed by atoms with Crippen molar-refractivity contribution in [2.45, 2.75) is 46.6 Å². The molecule has 3 heterocycles. The first-order valence-electron chi connectivity index (χ1n) is 8.94. The SMILES string of the molecule is CCc1nc(-c2ncccn2)sc1-c1nc(CC(C)C)nn1CCCO. The Labute approximate surface area is 157 Å². The number of nitrogens with zero attached hydrogens (tertiary/aromatic N) is 6. The van der Waals surface area contributed by atoms with Gasteiger partial charge < -0.3 is 5.11 Å². The number of aliphatic hydroxyl groups is 1. The molecule has 0 unspecified atom stereocenters. The Balaban J connectivity index is 2.04. The van der Waals surface area contributed by atoms with Gasteiger partial charge in [0, 0.05) is 32.0 Å². The van der Waals surface area contributed by atoms with Gasteiger partial charge in [-0.25, -0.2) is 24.6 Å². The minimum absolute atomic E-state index is 0.130. The van der Waals surface area contributed by atoms with E-state index in [1.807, 2.05) is 4.68 Å². The number of aliphatic hydroxyl groups excluding tert-OH is 1. The third-order valence-corrected chi connectivity index (χ3v) is 4.92. The topological polar surface area (TPSA) is 89.6 Å². The van der Waals surface area contributed by atoms with E-state index in [0.29, 0.717) is 24.7 Å². The van der Waals surface area contributed by atoms with Crippen LogP contribution in [-0.2, 0) is 19.4 Å². The van der Waals surface area contributed by atoms with Crippen LogP contribution < -0.4 is 0 Å². The zero-order valence-corrected chi connectivity index (χ0v) is 16.2. The summed E-state index contributed by atoms with van der Waals surface area (Å²) in [5.41, 5.74) is 0.978. The summed E-state index contributed by atoms with van der Waals surface area (Å²) in [7, 11) is 0. The highest BCUT2D eigenvalue weighted by Crippen LogP contribution is 2.34. The lowest BCUT2D eigenvalue weighted by molar-refractivity contribution is 0.277. The predicted octanol–water partition coefficient (Wildman–Crippen LogP) is 3.00. The molecular formula is C18H24N6OS. The van der Waals surface area contributed by atoms with Crippen LogP contribution >= 0.6 is 11.3 Å². The fourth-order valence-electron chi connectivity index (χ4n) is 2.66. The molecule has 0 aliphatic rings. The van der Waals surface area contributed by atoms with Gasteiger partial charge in [-0.3, -0.25) is 0 Å². The van der Waals surface area contributed by atoms with E-state index in [9.17, 15) is 5.11 Å². The van der Waals surface area contributed by atoms with Gasteiger partial charge >= 0.3 is 0 Å². The number of thiazole rings is 1. The molecule has 0 bridgehead atoms. The molecule has 1 N–H and O–H groups in total. The van der Waals surface area contributed by atoms with E-state index < -0.39 is 0 Å². The average molecular weight is 372 g/mol. The van der Waals surface area contributed by atoms with E-state index >= 15 is 0 Å². The van der Waals surface area contributed by atoms with E-state index in [2.05, 4.69) is 35.8 Å². The molecule has 0 saturated heterocycles. The molecule has 0 spiro atoms. The lowest BCUT2D eigenvalue weighted by Gasteiger charge is -2.03. The van der Waals surface area contributed by atoms with Gasteiger partial charge in [0.25, 0.3) is 0 Å². The molecule has 0 radical (unpaired) electrons. The van der Waals surface area contributed by atoms with Crippen LogP contribution in [0, 0.1) is 5.92 Å². The van der Waals surface area contributed by atoms with Gasteiger partial charge in [-0.1, -0.05) is 20.8 Å². The van der Waals surface area contributed by atoms with E-state index in [-0.39, 0.29) is 6.61 Å². The van der Waals surface area contributed by atoms with Gasteiger partial charge in [-0.2, -0.15) is 5.10 Å². The Morgan fingerprint density at radius 2 is 1.96 bits per heavy atom. The molecule has 3 aromatic rings. The number of rotatable bonds is 8. The van der Waals surface area contributed by atoms with Gasteiger partial charge in [0.15, 0.2) is 22.5 Å². The Hall–Kier alpha value is -2.19. The van der Waals surface area contributed by atoms with Crippen molar-refractivity contribution < 1.29 is 5.11 Å². The smallest absolute Gasteiger partial charge is 0.188 e. The first-order chi connectivity index (χ1) is 12.6. The van der Waals surface area contributed by atoms with Crippen molar-refractivity contribution in [1.29, 1.82) is 0 Å². The van der Waals surface area contributed by atoms with E-state index in [1.54, 1.807) is 29.8 Å². The Kier molecular flexibility index (Phi) is 6.05. The normalized spacial score (nSPS) is 11.4. The summed E-state index contributed by atoms with van der Waals surface area (Å²) in [5, 5.41) is 14.7. The van der Waals surface area contributed by atoms with Crippen LogP contribution in [0.5, 0.6) is 0 Å². The largest absolute Gasteiger partial charge is 0.396 e. The van der Waals surface area contributed by atoms with Crippen molar-refractivity contribution >= 4 is 11.3 Å². The fourth-order valence-corrected chi connectivity index (χ4v) is 3.75. The summed E-state index contributed by atoms with van der Waals surface area (Å²) in [6.07, 6.45) is 5.71. The average Bonchev–Trinajstić information content (AvgIpc) is 3.23. The zero-order chi connectivity index (χ0) is 18.5. The molecule has 0 atom stereocenters. The molecule has 0 aliphatic heterocycles. The first kappa shape index (κ1) is 18.6. The van der Waals surface area contributed by atoms with Crippen molar-refractivity contribution in [3.63, 3.8) is 0 Å². The molecule has 3 rings (SSSR count). The highest BCUT2D eigenvalue weighted by Gasteiger charge is 2.21. The number of aromatic nitrogens is 6. The molecule has 0 saturated carbocycles. The second kappa shape index (κ2) is 8.46. The van der Waals surface area contributed by atoms with E-state index in [1.165, 1.54) is 0 Å². The maximum Gasteiger partial charge on any atom is 0.188 e. The standard InChI is InChI=1S/C18H24N6OS/c1-4-13-15(26-18(21-13)16-19-7-5-8-20-16)17-22-14(11-12(2)3)23-24(17)9-6-10-25/h5,7-8,12,25H,4,6,9-11H2,1-3H3. The summed E-state index contributed by atoms with van der Waals surface area (Å²) < 4.78 is 1.90. The van der Waals surface area contributed by atoms with Gasteiger partial charge in [0.05, 0.1) is 10.6 Å². The van der Waals surface area contributed by atoms with E-state index in [0.717, 1.165) is 40.1 Å². The van der Waals surface area contributed by atoms with Crippen molar-refractivity contribution in [3.8, 4) is 21.5 Å². The van der Waals surface area contributed by atoms with Gasteiger partial charge in [0.1, 0.15) is 0 Å². The lowest BCUT2D eigenvalue weighted by atomic mass is 10.1. The summed E-state index contributed by atoms with van der Waals surface area (Å²) >= 11 is 1.55. The van der Waals surface area contributed by atoms with Crippen molar-refractivity contribution in [1.82, 2.24) is 29.7 Å². The minimum Gasteiger partial charge on any atom is -0.396 e. The molecular weight excluding hydrogens is 348 g/mol. The maximum absolute atomic E-state index is 9.21. The van der Waals surface area contributed by atoms with Crippen LogP contribution in [0.15, 0.2) is 18.5 Å². The molecule has 7 nitrogen and oxygen atoms in total. The van der Waals surface area contributed by atoms with Gasteiger partial charge in [0.2, 0.25) is 0 Å². The molecule has 0 aromatic carbocycles. The summed E-state index contributed by atoms with van der Waals surface area (Å²) in [4.78, 5) is 19.1. The predicted molar refractivity (Wildman–Crippen MR) is 102 cm³/mol. The van der Waals surface area contributed by atoms with Crippen LogP contribution in [0.4, 0.5) is 0 Å². The highest BCUT2D eigenvalue weighted by atomic mass is 32.1.